The second kappa shape index (κ2) is 7.97. The number of hydrogen-bond donors (Lipinski definition) is 3. The van der Waals surface area contributed by atoms with Crippen molar-refractivity contribution >= 4 is 34.9 Å². The van der Waals surface area contributed by atoms with Gasteiger partial charge in [0.15, 0.2) is 23.7 Å². The van der Waals surface area contributed by atoms with E-state index in [-0.39, 0.29) is 33.8 Å². The van der Waals surface area contributed by atoms with Crippen molar-refractivity contribution in [2.45, 2.75) is 26.3 Å². The molecule has 30 heavy (non-hydrogen) atoms. The summed E-state index contributed by atoms with van der Waals surface area (Å²) in [4.78, 5) is 28.0. The minimum Gasteiger partial charge on any atom is -0.308 e. The molecule has 3 rings (SSSR count). The van der Waals surface area contributed by atoms with Crippen molar-refractivity contribution in [3.8, 4) is 0 Å². The predicted octanol–water partition coefficient (Wildman–Crippen LogP) is 3.79. The summed E-state index contributed by atoms with van der Waals surface area (Å²) in [6, 6.07) is 5.12. The van der Waals surface area contributed by atoms with Crippen LogP contribution in [0.25, 0.3) is 10.9 Å². The smallest absolute Gasteiger partial charge is 0.258 e. The number of carbonyl (C=O) groups excluding carboxylic acids is 2. The quantitative estimate of drug-likeness (QED) is 0.343. The molecule has 0 aliphatic heterocycles. The molecule has 0 saturated carbocycles. The van der Waals surface area contributed by atoms with Crippen LogP contribution in [0.5, 0.6) is 0 Å². The molecule has 10 heteroatoms. The van der Waals surface area contributed by atoms with Gasteiger partial charge < -0.3 is 5.32 Å². The number of nitrogens with one attached hydrogen (secondary N) is 3. The fourth-order valence-corrected chi connectivity index (χ4v) is 2.65. The number of aliphatic imine (C=N–C) groups is 1. The maximum atomic E-state index is 14.4. The highest BCUT2D eigenvalue weighted by atomic mass is 19.2. The van der Waals surface area contributed by atoms with E-state index < -0.39 is 28.9 Å². The number of aromatic nitrogens is 2. The molecule has 3 aromatic rings. The summed E-state index contributed by atoms with van der Waals surface area (Å²) in [6.45, 7) is 5.27. The summed E-state index contributed by atoms with van der Waals surface area (Å²) in [5, 5.41) is 11.7. The second-order valence-corrected chi connectivity index (χ2v) is 7.42. The van der Waals surface area contributed by atoms with E-state index in [4.69, 9.17) is 0 Å². The van der Waals surface area contributed by atoms with Crippen LogP contribution in [-0.2, 0) is 0 Å². The number of benzene rings is 2. The lowest BCUT2D eigenvalue weighted by Crippen LogP contribution is -2.38. The van der Waals surface area contributed by atoms with Gasteiger partial charge in [-0.2, -0.15) is 5.10 Å². The number of hydrogen-bond acceptors (Lipinski definition) is 4. The lowest BCUT2D eigenvalue weighted by Gasteiger charge is -2.17. The Morgan fingerprint density at radius 2 is 1.80 bits per heavy atom. The third-order valence-electron chi connectivity index (χ3n) is 3.93. The number of nitrogens with zero attached hydrogens (tertiary/aromatic N) is 2. The summed E-state index contributed by atoms with van der Waals surface area (Å²) in [5.74, 6) is -3.78. The summed E-state index contributed by atoms with van der Waals surface area (Å²) in [5.41, 5.74) is -0.428. The SMILES string of the molecule is CC(C)(C)N=C(NC(=O)c1ccc(F)c(F)c1)Nc1n[nH]c2c(C=O)ccc(F)c12. The Bertz CT molecular complexity index is 1170. The van der Waals surface area contributed by atoms with Crippen molar-refractivity contribution in [3.63, 3.8) is 0 Å². The number of halogens is 3. The number of rotatable bonds is 3. The Morgan fingerprint density at radius 3 is 2.43 bits per heavy atom. The van der Waals surface area contributed by atoms with Crippen molar-refractivity contribution in [3.05, 3.63) is 58.9 Å². The first kappa shape index (κ1) is 21.0. The van der Waals surface area contributed by atoms with E-state index in [2.05, 4.69) is 25.8 Å². The van der Waals surface area contributed by atoms with Gasteiger partial charge in [-0.1, -0.05) is 0 Å². The molecule has 0 aliphatic rings. The molecule has 0 atom stereocenters. The molecule has 0 spiro atoms. The summed E-state index contributed by atoms with van der Waals surface area (Å²) >= 11 is 0. The van der Waals surface area contributed by atoms with Crippen LogP contribution in [-0.4, -0.2) is 33.9 Å². The van der Waals surface area contributed by atoms with E-state index in [0.717, 1.165) is 24.3 Å². The number of aldehydes is 1. The Kier molecular flexibility index (Phi) is 5.59. The zero-order valence-corrected chi connectivity index (χ0v) is 16.3. The summed E-state index contributed by atoms with van der Waals surface area (Å²) in [7, 11) is 0. The van der Waals surface area contributed by atoms with E-state index in [9.17, 15) is 22.8 Å². The van der Waals surface area contributed by atoms with Crippen LogP contribution in [0.4, 0.5) is 19.0 Å². The van der Waals surface area contributed by atoms with Gasteiger partial charge in [-0.25, -0.2) is 18.2 Å². The third-order valence-corrected chi connectivity index (χ3v) is 3.93. The molecule has 0 aliphatic carbocycles. The van der Waals surface area contributed by atoms with E-state index in [0.29, 0.717) is 6.29 Å². The van der Waals surface area contributed by atoms with Crippen LogP contribution >= 0.6 is 0 Å². The molecule has 3 N–H and O–H groups in total. The molecule has 156 valence electrons. The Balaban J connectivity index is 1.97. The van der Waals surface area contributed by atoms with Gasteiger partial charge in [0.05, 0.1) is 16.4 Å². The van der Waals surface area contributed by atoms with Crippen LogP contribution in [0.15, 0.2) is 35.3 Å². The summed E-state index contributed by atoms with van der Waals surface area (Å²) in [6.07, 6.45) is 0.554. The highest BCUT2D eigenvalue weighted by Crippen LogP contribution is 2.26. The molecule has 1 heterocycles. The van der Waals surface area contributed by atoms with E-state index in [1.54, 1.807) is 20.8 Å². The monoisotopic (exact) mass is 417 g/mol. The lowest BCUT2D eigenvalue weighted by molar-refractivity contribution is 0.0976. The predicted molar refractivity (Wildman–Crippen MR) is 106 cm³/mol. The number of aromatic amines is 1. The Labute approximate surface area is 169 Å². The highest BCUT2D eigenvalue weighted by molar-refractivity contribution is 6.12. The van der Waals surface area contributed by atoms with Crippen LogP contribution in [0.1, 0.15) is 41.5 Å². The van der Waals surface area contributed by atoms with Gasteiger partial charge in [0, 0.05) is 11.1 Å². The van der Waals surface area contributed by atoms with Crippen molar-refractivity contribution in [1.29, 1.82) is 0 Å². The van der Waals surface area contributed by atoms with E-state index in [1.807, 2.05) is 0 Å². The second-order valence-electron chi connectivity index (χ2n) is 7.42. The topological polar surface area (TPSA) is 99.2 Å². The van der Waals surface area contributed by atoms with Gasteiger partial charge in [-0.05, 0) is 51.1 Å². The normalized spacial score (nSPS) is 12.1. The zero-order chi connectivity index (χ0) is 22.1. The van der Waals surface area contributed by atoms with Crippen LogP contribution in [0.3, 0.4) is 0 Å². The number of amides is 1. The van der Waals surface area contributed by atoms with Gasteiger partial charge >= 0.3 is 0 Å². The number of fused-ring (bicyclic) bond motifs is 1. The van der Waals surface area contributed by atoms with Crippen molar-refractivity contribution < 1.29 is 22.8 Å². The molecule has 7 nitrogen and oxygen atoms in total. The molecule has 0 fully saturated rings. The number of guanidine groups is 1. The minimum absolute atomic E-state index is 0.00304. The fourth-order valence-electron chi connectivity index (χ4n) is 2.65. The first-order valence-corrected chi connectivity index (χ1v) is 8.84. The summed E-state index contributed by atoms with van der Waals surface area (Å²) < 4.78 is 41.0. The zero-order valence-electron chi connectivity index (χ0n) is 16.3. The first-order valence-electron chi connectivity index (χ1n) is 8.84. The first-order chi connectivity index (χ1) is 14.1. The van der Waals surface area contributed by atoms with Crippen molar-refractivity contribution in [1.82, 2.24) is 15.5 Å². The maximum absolute atomic E-state index is 14.4. The van der Waals surface area contributed by atoms with E-state index in [1.165, 1.54) is 6.07 Å². The standard InChI is InChI=1S/C20H18F3N5O2/c1-20(2,3)26-19(25-18(30)10-4-6-12(21)14(23)8-10)24-17-15-13(22)7-5-11(9-29)16(15)27-28-17/h4-9H,1-3H3,(H3,24,25,26,27,28,30). The van der Waals surface area contributed by atoms with Gasteiger partial charge in [0.25, 0.3) is 5.91 Å². The molecule has 2 aromatic carbocycles. The molecular formula is C20H18F3N5O2. The van der Waals surface area contributed by atoms with Crippen LogP contribution in [0, 0.1) is 17.5 Å². The largest absolute Gasteiger partial charge is 0.308 e. The Hall–Kier alpha value is -3.69. The lowest BCUT2D eigenvalue weighted by atomic mass is 10.1. The van der Waals surface area contributed by atoms with Gasteiger partial charge in [-0.3, -0.25) is 20.0 Å². The molecule has 1 amide bonds. The van der Waals surface area contributed by atoms with Gasteiger partial charge in [-0.15, -0.1) is 0 Å². The van der Waals surface area contributed by atoms with Crippen molar-refractivity contribution in [2.75, 3.05) is 5.32 Å². The number of carbonyl (C=O) groups is 2. The highest BCUT2D eigenvalue weighted by Gasteiger charge is 2.19. The van der Waals surface area contributed by atoms with E-state index >= 15 is 0 Å². The molecule has 0 radical (unpaired) electrons. The van der Waals surface area contributed by atoms with Crippen LogP contribution < -0.4 is 10.6 Å². The molecule has 0 saturated heterocycles. The molecular weight excluding hydrogens is 399 g/mol. The average Bonchev–Trinajstić information content (AvgIpc) is 3.07. The van der Waals surface area contributed by atoms with Gasteiger partial charge in [0.2, 0.25) is 5.96 Å². The number of anilines is 1. The third kappa shape index (κ3) is 4.48. The fraction of sp³-hybridized carbons (Fsp3) is 0.200. The molecule has 0 unspecified atom stereocenters. The van der Waals surface area contributed by atoms with Gasteiger partial charge in [0.1, 0.15) is 5.82 Å². The van der Waals surface area contributed by atoms with Crippen LogP contribution in [0.2, 0.25) is 0 Å². The average molecular weight is 417 g/mol. The molecule has 1 aromatic heterocycles. The minimum atomic E-state index is -1.17. The Morgan fingerprint density at radius 1 is 1.10 bits per heavy atom. The maximum Gasteiger partial charge on any atom is 0.258 e. The molecule has 0 bridgehead atoms. The van der Waals surface area contributed by atoms with Crippen molar-refractivity contribution in [2.24, 2.45) is 4.99 Å². The number of H-pyrrole nitrogens is 1.